The third-order valence-electron chi connectivity index (χ3n) is 3.86. The van der Waals surface area contributed by atoms with E-state index >= 15 is 0 Å². The molecular formula is C15H15N5O. The van der Waals surface area contributed by atoms with Gasteiger partial charge in [0.2, 0.25) is 0 Å². The molecule has 4 rings (SSSR count). The quantitative estimate of drug-likeness (QED) is 0.774. The third-order valence-corrected chi connectivity index (χ3v) is 3.86. The van der Waals surface area contributed by atoms with Gasteiger partial charge >= 0.3 is 0 Å². The zero-order valence-corrected chi connectivity index (χ0v) is 11.6. The molecule has 0 atom stereocenters. The molecule has 0 aliphatic heterocycles. The lowest BCUT2D eigenvalue weighted by atomic mass is 10.2. The summed E-state index contributed by atoms with van der Waals surface area (Å²) >= 11 is 0. The van der Waals surface area contributed by atoms with E-state index in [9.17, 15) is 4.79 Å². The highest BCUT2D eigenvalue weighted by molar-refractivity contribution is 6.03. The van der Waals surface area contributed by atoms with Crippen LogP contribution in [-0.4, -0.2) is 25.7 Å². The van der Waals surface area contributed by atoms with Crippen molar-refractivity contribution >= 4 is 22.6 Å². The topological polar surface area (TPSA) is 75.6 Å². The Bertz CT molecular complexity index is 814. The van der Waals surface area contributed by atoms with Gasteiger partial charge in [0, 0.05) is 24.8 Å². The monoisotopic (exact) mass is 281 g/mol. The minimum absolute atomic E-state index is 0.204. The molecule has 2 aromatic heterocycles. The molecule has 2 heterocycles. The van der Waals surface area contributed by atoms with Crippen LogP contribution in [0.4, 0.5) is 5.69 Å². The van der Waals surface area contributed by atoms with Crippen molar-refractivity contribution in [2.45, 2.75) is 18.8 Å². The van der Waals surface area contributed by atoms with Crippen LogP contribution in [0.15, 0.2) is 30.5 Å². The molecule has 106 valence electrons. The van der Waals surface area contributed by atoms with Crippen molar-refractivity contribution in [3.05, 3.63) is 42.0 Å². The number of fused-ring (bicyclic) bond motifs is 1. The van der Waals surface area contributed by atoms with E-state index in [1.165, 1.54) is 12.8 Å². The van der Waals surface area contributed by atoms with Gasteiger partial charge in [0.05, 0.1) is 11.0 Å². The number of anilines is 1. The molecule has 0 unspecified atom stereocenters. The molecule has 1 aliphatic rings. The van der Waals surface area contributed by atoms with E-state index < -0.39 is 0 Å². The van der Waals surface area contributed by atoms with E-state index in [4.69, 9.17) is 4.98 Å². The fraction of sp³-hybridized carbons (Fsp3) is 0.267. The molecule has 1 aliphatic carbocycles. The molecule has 1 amide bonds. The number of carbonyl (C=O) groups is 1. The van der Waals surface area contributed by atoms with E-state index in [-0.39, 0.29) is 5.91 Å². The summed E-state index contributed by atoms with van der Waals surface area (Å²) in [6, 6.07) is 7.45. The second kappa shape index (κ2) is 4.44. The molecular weight excluding hydrogens is 266 g/mol. The van der Waals surface area contributed by atoms with Gasteiger partial charge in [-0.2, -0.15) is 5.10 Å². The minimum Gasteiger partial charge on any atom is -0.331 e. The van der Waals surface area contributed by atoms with E-state index in [0.717, 1.165) is 22.5 Å². The van der Waals surface area contributed by atoms with Crippen LogP contribution in [0.25, 0.3) is 11.0 Å². The number of aryl methyl sites for hydroxylation is 1. The summed E-state index contributed by atoms with van der Waals surface area (Å²) in [5.74, 6) is 1.54. The molecule has 0 saturated heterocycles. The average Bonchev–Trinajstić information content (AvgIpc) is 3.06. The standard InChI is InChI=1S/C15H15N5O/c1-20-13-5-4-10(17-15(21)11-6-7-16-19-11)8-12(13)18-14(20)9-2-3-9/h4-9H,2-3H2,1H3,(H,16,19)(H,17,21). The van der Waals surface area contributed by atoms with Gasteiger partial charge in [-0.1, -0.05) is 0 Å². The van der Waals surface area contributed by atoms with E-state index in [0.29, 0.717) is 11.6 Å². The average molecular weight is 281 g/mol. The molecule has 0 radical (unpaired) electrons. The Morgan fingerprint density at radius 2 is 2.24 bits per heavy atom. The van der Waals surface area contributed by atoms with Crippen LogP contribution in [0.5, 0.6) is 0 Å². The Morgan fingerprint density at radius 1 is 1.38 bits per heavy atom. The van der Waals surface area contributed by atoms with Crippen LogP contribution in [0, 0.1) is 0 Å². The van der Waals surface area contributed by atoms with Crippen LogP contribution in [0.2, 0.25) is 0 Å². The second-order valence-electron chi connectivity index (χ2n) is 5.43. The van der Waals surface area contributed by atoms with Gasteiger partial charge < -0.3 is 9.88 Å². The van der Waals surface area contributed by atoms with Crippen LogP contribution < -0.4 is 5.32 Å². The number of H-pyrrole nitrogens is 1. The Kier molecular flexibility index (Phi) is 2.57. The molecule has 2 N–H and O–H groups in total. The maximum absolute atomic E-state index is 12.0. The van der Waals surface area contributed by atoms with Crippen molar-refractivity contribution in [3.63, 3.8) is 0 Å². The molecule has 1 fully saturated rings. The van der Waals surface area contributed by atoms with Gasteiger partial charge in [0.25, 0.3) is 5.91 Å². The lowest BCUT2D eigenvalue weighted by molar-refractivity contribution is 0.102. The predicted octanol–water partition coefficient (Wildman–Crippen LogP) is 2.43. The first-order valence-electron chi connectivity index (χ1n) is 6.99. The molecule has 0 spiro atoms. The number of aromatic amines is 1. The summed E-state index contributed by atoms with van der Waals surface area (Å²) in [6.07, 6.45) is 4.00. The molecule has 1 aromatic carbocycles. The van der Waals surface area contributed by atoms with Crippen LogP contribution >= 0.6 is 0 Å². The number of benzene rings is 1. The number of amides is 1. The summed E-state index contributed by atoms with van der Waals surface area (Å²) in [5, 5.41) is 9.27. The van der Waals surface area contributed by atoms with Crippen LogP contribution in [-0.2, 0) is 7.05 Å². The maximum Gasteiger partial charge on any atom is 0.273 e. The number of nitrogens with one attached hydrogen (secondary N) is 2. The van der Waals surface area contributed by atoms with E-state index in [1.807, 2.05) is 25.2 Å². The molecule has 6 heteroatoms. The van der Waals surface area contributed by atoms with Crippen LogP contribution in [0.3, 0.4) is 0 Å². The number of hydrogen-bond acceptors (Lipinski definition) is 3. The van der Waals surface area contributed by atoms with Crippen molar-refractivity contribution in [3.8, 4) is 0 Å². The highest BCUT2D eigenvalue weighted by Crippen LogP contribution is 2.40. The summed E-state index contributed by atoms with van der Waals surface area (Å²) in [6.45, 7) is 0. The Labute approximate surface area is 121 Å². The fourth-order valence-corrected chi connectivity index (χ4v) is 2.58. The van der Waals surface area contributed by atoms with Crippen molar-refractivity contribution in [2.75, 3.05) is 5.32 Å². The summed E-state index contributed by atoms with van der Waals surface area (Å²) in [5.41, 5.74) is 3.19. The van der Waals surface area contributed by atoms with Gasteiger partial charge in [0.15, 0.2) is 0 Å². The van der Waals surface area contributed by atoms with E-state index in [2.05, 4.69) is 20.1 Å². The lowest BCUT2D eigenvalue weighted by Gasteiger charge is -2.04. The lowest BCUT2D eigenvalue weighted by Crippen LogP contribution is -2.12. The van der Waals surface area contributed by atoms with Crippen molar-refractivity contribution in [1.82, 2.24) is 19.7 Å². The predicted molar refractivity (Wildman–Crippen MR) is 79.2 cm³/mol. The molecule has 1 saturated carbocycles. The molecule has 6 nitrogen and oxygen atoms in total. The van der Waals surface area contributed by atoms with Gasteiger partial charge in [-0.3, -0.25) is 9.89 Å². The zero-order valence-electron chi connectivity index (χ0n) is 11.6. The first kappa shape index (κ1) is 12.1. The summed E-state index contributed by atoms with van der Waals surface area (Å²) < 4.78 is 2.15. The van der Waals surface area contributed by atoms with Gasteiger partial charge in [-0.15, -0.1) is 0 Å². The smallest absolute Gasteiger partial charge is 0.273 e. The maximum atomic E-state index is 12.0. The highest BCUT2D eigenvalue weighted by Gasteiger charge is 2.28. The SMILES string of the molecule is Cn1c(C2CC2)nc2cc(NC(=O)c3ccn[nH]3)ccc21. The largest absolute Gasteiger partial charge is 0.331 e. The minimum atomic E-state index is -0.204. The first-order chi connectivity index (χ1) is 10.2. The summed E-state index contributed by atoms with van der Waals surface area (Å²) in [4.78, 5) is 16.7. The fourth-order valence-electron chi connectivity index (χ4n) is 2.58. The van der Waals surface area contributed by atoms with Gasteiger partial charge in [-0.05, 0) is 37.1 Å². The zero-order chi connectivity index (χ0) is 14.4. The Balaban J connectivity index is 1.66. The highest BCUT2D eigenvalue weighted by atomic mass is 16.1. The molecule has 3 aromatic rings. The Hall–Kier alpha value is -2.63. The number of aromatic nitrogens is 4. The third kappa shape index (κ3) is 2.08. The van der Waals surface area contributed by atoms with Gasteiger partial charge in [0.1, 0.15) is 11.5 Å². The first-order valence-corrected chi connectivity index (χ1v) is 6.99. The normalized spacial score (nSPS) is 14.5. The number of rotatable bonds is 3. The number of imidazole rings is 1. The van der Waals surface area contributed by atoms with E-state index in [1.54, 1.807) is 12.3 Å². The number of nitrogens with zero attached hydrogens (tertiary/aromatic N) is 3. The van der Waals surface area contributed by atoms with Crippen molar-refractivity contribution in [2.24, 2.45) is 7.05 Å². The molecule has 21 heavy (non-hydrogen) atoms. The summed E-state index contributed by atoms with van der Waals surface area (Å²) in [7, 11) is 2.05. The molecule has 0 bridgehead atoms. The van der Waals surface area contributed by atoms with Crippen molar-refractivity contribution < 1.29 is 4.79 Å². The van der Waals surface area contributed by atoms with Crippen LogP contribution in [0.1, 0.15) is 35.1 Å². The van der Waals surface area contributed by atoms with Gasteiger partial charge in [-0.25, -0.2) is 4.98 Å². The number of hydrogen-bond donors (Lipinski definition) is 2. The second-order valence-corrected chi connectivity index (χ2v) is 5.43. The Morgan fingerprint density at radius 3 is 2.95 bits per heavy atom. The van der Waals surface area contributed by atoms with Crippen molar-refractivity contribution in [1.29, 1.82) is 0 Å². The number of carbonyl (C=O) groups excluding carboxylic acids is 1.